The number of hydrogen-bond donors (Lipinski definition) is 0. The van der Waals surface area contributed by atoms with Crippen molar-refractivity contribution in [1.29, 1.82) is 0 Å². The predicted octanol–water partition coefficient (Wildman–Crippen LogP) is 0.922. The summed E-state index contributed by atoms with van der Waals surface area (Å²) in [5.74, 6) is 0.845. The smallest absolute Gasteiger partial charge is 0.151 e. The first-order valence-electron chi connectivity index (χ1n) is 6.87. The summed E-state index contributed by atoms with van der Waals surface area (Å²) in [7, 11) is -2.67. The van der Waals surface area contributed by atoms with Crippen molar-refractivity contribution in [1.82, 2.24) is 4.90 Å². The highest BCUT2D eigenvalue weighted by atomic mass is 32.2. The summed E-state index contributed by atoms with van der Waals surface area (Å²) >= 11 is 0. The number of rotatable bonds is 5. The van der Waals surface area contributed by atoms with Crippen LogP contribution in [-0.2, 0) is 14.6 Å². The molecule has 0 radical (unpaired) electrons. The highest BCUT2D eigenvalue weighted by Crippen LogP contribution is 2.50. The lowest BCUT2D eigenvalue weighted by Crippen LogP contribution is -2.68. The first kappa shape index (κ1) is 12.9. The van der Waals surface area contributed by atoms with Crippen LogP contribution >= 0.6 is 0 Å². The Morgan fingerprint density at radius 3 is 2.28 bits per heavy atom. The maximum atomic E-state index is 11.2. The van der Waals surface area contributed by atoms with Crippen molar-refractivity contribution in [2.45, 2.75) is 32.8 Å². The molecule has 0 atom stereocenters. The fourth-order valence-electron chi connectivity index (χ4n) is 3.43. The summed E-state index contributed by atoms with van der Waals surface area (Å²) in [6.45, 7) is 8.08. The van der Waals surface area contributed by atoms with Crippen LogP contribution in [0.15, 0.2) is 0 Å². The van der Waals surface area contributed by atoms with Gasteiger partial charge in [0.1, 0.15) is 0 Å². The van der Waals surface area contributed by atoms with E-state index in [1.807, 2.05) is 0 Å². The molecule has 18 heavy (non-hydrogen) atoms. The van der Waals surface area contributed by atoms with Gasteiger partial charge < -0.3 is 9.64 Å². The molecule has 0 aromatic carbocycles. The lowest BCUT2D eigenvalue weighted by molar-refractivity contribution is -0.0200. The molecule has 2 heterocycles. The second-order valence-electron chi connectivity index (χ2n) is 7.04. The van der Waals surface area contributed by atoms with Crippen molar-refractivity contribution in [2.75, 3.05) is 37.7 Å². The standard InChI is InChI=1S/C13H23NO3S/c1-11(2)17-8-12(3-4-12)5-14-6-13(7-14)9-18(15,16)10-13/h11H,3-10H2,1-2H3. The molecule has 0 aromatic heterocycles. The predicted molar refractivity (Wildman–Crippen MR) is 70.3 cm³/mol. The number of ether oxygens (including phenoxy) is 1. The maximum absolute atomic E-state index is 11.2. The van der Waals surface area contributed by atoms with E-state index in [0.717, 1.165) is 26.2 Å². The molecular formula is C13H23NO3S. The zero-order chi connectivity index (χ0) is 13.0. The lowest BCUT2D eigenvalue weighted by Gasteiger charge is -2.55. The summed E-state index contributed by atoms with van der Waals surface area (Å²) in [6, 6.07) is 0. The van der Waals surface area contributed by atoms with Crippen LogP contribution in [0.5, 0.6) is 0 Å². The monoisotopic (exact) mass is 273 g/mol. The van der Waals surface area contributed by atoms with Crippen LogP contribution in [0.3, 0.4) is 0 Å². The Bertz CT molecular complexity index is 419. The third-order valence-corrected chi connectivity index (χ3v) is 6.51. The summed E-state index contributed by atoms with van der Waals surface area (Å²) in [5, 5.41) is 0. The van der Waals surface area contributed by atoms with Crippen LogP contribution in [0, 0.1) is 10.8 Å². The van der Waals surface area contributed by atoms with Crippen LogP contribution in [0.25, 0.3) is 0 Å². The third kappa shape index (κ3) is 2.45. The zero-order valence-electron chi connectivity index (χ0n) is 11.3. The van der Waals surface area contributed by atoms with Gasteiger partial charge in [0, 0.05) is 30.5 Å². The van der Waals surface area contributed by atoms with Gasteiger partial charge in [0.15, 0.2) is 9.84 Å². The Balaban J connectivity index is 1.44. The van der Waals surface area contributed by atoms with Crippen LogP contribution in [-0.4, -0.2) is 57.2 Å². The minimum Gasteiger partial charge on any atom is -0.378 e. The number of likely N-dealkylation sites (tertiary alicyclic amines) is 1. The van der Waals surface area contributed by atoms with Gasteiger partial charge >= 0.3 is 0 Å². The molecule has 0 amide bonds. The third-order valence-electron chi connectivity index (χ3n) is 4.41. The van der Waals surface area contributed by atoms with Crippen molar-refractivity contribution < 1.29 is 13.2 Å². The topological polar surface area (TPSA) is 46.6 Å². The molecule has 1 spiro atoms. The minimum atomic E-state index is -2.67. The summed E-state index contributed by atoms with van der Waals surface area (Å²) in [4.78, 5) is 2.42. The van der Waals surface area contributed by atoms with Crippen LogP contribution in [0.2, 0.25) is 0 Å². The summed E-state index contributed by atoms with van der Waals surface area (Å²) in [5.41, 5.74) is 0.516. The molecule has 3 rings (SSSR count). The summed E-state index contributed by atoms with van der Waals surface area (Å²) < 4.78 is 28.2. The molecule has 2 saturated heterocycles. The van der Waals surface area contributed by atoms with E-state index in [2.05, 4.69) is 18.7 Å². The maximum Gasteiger partial charge on any atom is 0.151 e. The van der Waals surface area contributed by atoms with E-state index in [-0.39, 0.29) is 5.41 Å². The number of nitrogens with zero attached hydrogens (tertiary/aromatic N) is 1. The first-order chi connectivity index (χ1) is 8.32. The number of sulfone groups is 1. The Hall–Kier alpha value is -0.130. The fraction of sp³-hybridized carbons (Fsp3) is 1.00. The Morgan fingerprint density at radius 2 is 1.83 bits per heavy atom. The van der Waals surface area contributed by atoms with Crippen molar-refractivity contribution >= 4 is 9.84 Å². The van der Waals surface area contributed by atoms with Crippen molar-refractivity contribution in [3.63, 3.8) is 0 Å². The molecular weight excluding hydrogens is 250 g/mol. The molecule has 3 fully saturated rings. The molecule has 1 aliphatic carbocycles. The zero-order valence-corrected chi connectivity index (χ0v) is 12.1. The second kappa shape index (κ2) is 3.93. The van der Waals surface area contributed by atoms with Crippen molar-refractivity contribution in [2.24, 2.45) is 10.8 Å². The normalized spacial score (nSPS) is 31.1. The van der Waals surface area contributed by atoms with Gasteiger partial charge in [-0.05, 0) is 26.7 Å². The van der Waals surface area contributed by atoms with E-state index in [0.29, 0.717) is 23.0 Å². The molecule has 0 unspecified atom stereocenters. The van der Waals surface area contributed by atoms with E-state index < -0.39 is 9.84 Å². The minimum absolute atomic E-state index is 0.133. The molecule has 0 aromatic rings. The van der Waals surface area contributed by atoms with Crippen LogP contribution in [0.1, 0.15) is 26.7 Å². The van der Waals surface area contributed by atoms with E-state index in [4.69, 9.17) is 4.74 Å². The molecule has 0 bridgehead atoms. The average Bonchev–Trinajstić information content (AvgIpc) is 2.90. The average molecular weight is 273 g/mol. The van der Waals surface area contributed by atoms with Gasteiger partial charge in [0.2, 0.25) is 0 Å². The molecule has 2 aliphatic heterocycles. The molecule has 4 nitrogen and oxygen atoms in total. The van der Waals surface area contributed by atoms with Crippen LogP contribution < -0.4 is 0 Å². The molecule has 104 valence electrons. The second-order valence-corrected chi connectivity index (χ2v) is 9.10. The van der Waals surface area contributed by atoms with Gasteiger partial charge in [-0.15, -0.1) is 0 Å². The highest BCUT2D eigenvalue weighted by Gasteiger charge is 2.57. The summed E-state index contributed by atoms with van der Waals surface area (Å²) in [6.07, 6.45) is 2.84. The van der Waals surface area contributed by atoms with E-state index >= 15 is 0 Å². The van der Waals surface area contributed by atoms with E-state index in [1.165, 1.54) is 12.8 Å². The first-order valence-corrected chi connectivity index (χ1v) is 8.69. The SMILES string of the molecule is CC(C)OCC1(CN2CC3(C2)CS(=O)(=O)C3)CC1. The highest BCUT2D eigenvalue weighted by molar-refractivity contribution is 7.92. The van der Waals surface area contributed by atoms with Gasteiger partial charge in [-0.25, -0.2) is 8.42 Å². The van der Waals surface area contributed by atoms with Gasteiger partial charge in [0.25, 0.3) is 0 Å². The van der Waals surface area contributed by atoms with Gasteiger partial charge in [-0.3, -0.25) is 0 Å². The van der Waals surface area contributed by atoms with Gasteiger partial charge in [-0.2, -0.15) is 0 Å². The van der Waals surface area contributed by atoms with Crippen molar-refractivity contribution in [3.05, 3.63) is 0 Å². The molecule has 5 heteroatoms. The van der Waals surface area contributed by atoms with Crippen LogP contribution in [0.4, 0.5) is 0 Å². The van der Waals surface area contributed by atoms with E-state index in [1.54, 1.807) is 0 Å². The molecule has 0 N–H and O–H groups in total. The largest absolute Gasteiger partial charge is 0.378 e. The molecule has 1 saturated carbocycles. The van der Waals surface area contributed by atoms with Gasteiger partial charge in [0.05, 0.1) is 24.2 Å². The Kier molecular flexibility index (Phi) is 2.81. The van der Waals surface area contributed by atoms with Crippen molar-refractivity contribution in [3.8, 4) is 0 Å². The quantitative estimate of drug-likeness (QED) is 0.747. The number of hydrogen-bond acceptors (Lipinski definition) is 4. The molecule has 3 aliphatic rings. The van der Waals surface area contributed by atoms with Gasteiger partial charge in [-0.1, -0.05) is 0 Å². The lowest BCUT2D eigenvalue weighted by atomic mass is 9.82. The Labute approximate surface area is 110 Å². The Morgan fingerprint density at radius 1 is 1.22 bits per heavy atom. The fourth-order valence-corrected chi connectivity index (χ4v) is 5.58. The van der Waals surface area contributed by atoms with E-state index in [9.17, 15) is 8.42 Å².